The summed E-state index contributed by atoms with van der Waals surface area (Å²) in [6.45, 7) is 11.0. The zero-order valence-corrected chi connectivity index (χ0v) is 12.5. The van der Waals surface area contributed by atoms with E-state index in [1.165, 1.54) is 6.08 Å². The van der Waals surface area contributed by atoms with Crippen molar-refractivity contribution in [3.8, 4) is 0 Å². The molecule has 98 valence electrons. The predicted molar refractivity (Wildman–Crippen MR) is 72.1 cm³/mol. The molecule has 0 bridgehead atoms. The molecule has 1 aliphatic heterocycles. The van der Waals surface area contributed by atoms with E-state index in [0.717, 1.165) is 24.5 Å². The largest absolute Gasteiger partial charge is 0.478 e. The summed E-state index contributed by atoms with van der Waals surface area (Å²) in [5.41, 5.74) is 1.08. The van der Waals surface area contributed by atoms with Crippen molar-refractivity contribution in [2.45, 2.75) is 64.1 Å². The Bertz CT molecular complexity index is 326. The van der Waals surface area contributed by atoms with E-state index in [1.54, 1.807) is 0 Å². The smallest absolute Gasteiger partial charge is 0.328 e. The first-order chi connectivity index (χ1) is 7.60. The minimum absolute atomic E-state index is 0.00744. The van der Waals surface area contributed by atoms with Crippen molar-refractivity contribution in [1.29, 1.82) is 0 Å². The number of carboxylic acids is 1. The number of aliphatic carboxylic acids is 1. The summed E-state index contributed by atoms with van der Waals surface area (Å²) in [7, 11) is -1.25. The van der Waals surface area contributed by atoms with Gasteiger partial charge in [0.15, 0.2) is 0 Å². The van der Waals surface area contributed by atoms with Gasteiger partial charge in [0, 0.05) is 14.1 Å². The van der Waals surface area contributed by atoms with Crippen LogP contribution in [0.3, 0.4) is 0 Å². The Morgan fingerprint density at radius 3 is 2.29 bits per heavy atom. The summed E-state index contributed by atoms with van der Waals surface area (Å²) >= 11 is 0. The van der Waals surface area contributed by atoms with Crippen LogP contribution in [0.4, 0.5) is 0 Å². The first kappa shape index (κ1) is 14.4. The summed E-state index contributed by atoms with van der Waals surface area (Å²) in [5.74, 6) is -0.825. The van der Waals surface area contributed by atoms with Crippen LogP contribution in [0.1, 0.15) is 26.7 Å². The van der Waals surface area contributed by atoms with Gasteiger partial charge in [-0.05, 0) is 32.7 Å². The van der Waals surface area contributed by atoms with Crippen molar-refractivity contribution in [3.63, 3.8) is 0 Å². The molecule has 1 atom stereocenters. The van der Waals surface area contributed by atoms with Gasteiger partial charge in [-0.3, -0.25) is 0 Å². The Morgan fingerprint density at radius 1 is 1.41 bits per heavy atom. The molecule has 0 aromatic carbocycles. The highest BCUT2D eigenvalue weighted by Crippen LogP contribution is 2.39. The summed E-state index contributed by atoms with van der Waals surface area (Å²) in [6, 6.07) is 0.965. The van der Waals surface area contributed by atoms with E-state index < -0.39 is 14.0 Å². The van der Waals surface area contributed by atoms with Crippen molar-refractivity contribution in [2.75, 3.05) is 0 Å². The van der Waals surface area contributed by atoms with Crippen LogP contribution in [-0.2, 0) is 9.53 Å². The average Bonchev–Trinajstić information content (AvgIpc) is 2.66. The lowest BCUT2D eigenvalue weighted by atomic mass is 10.0. The highest BCUT2D eigenvalue weighted by molar-refractivity contribution is 6.76. The molecule has 1 saturated heterocycles. The molecule has 1 N–H and O–H groups in total. The molecule has 3 nitrogen and oxygen atoms in total. The molecule has 0 aliphatic carbocycles. The van der Waals surface area contributed by atoms with E-state index in [0.29, 0.717) is 6.10 Å². The second-order valence-electron chi connectivity index (χ2n) is 6.63. The van der Waals surface area contributed by atoms with E-state index in [1.807, 2.05) is 0 Å². The predicted octanol–water partition coefficient (Wildman–Crippen LogP) is 3.29. The molecule has 1 rings (SSSR count). The molecular formula is C13H24O3Si. The van der Waals surface area contributed by atoms with Crippen LogP contribution >= 0.6 is 0 Å². The number of ether oxygens (including phenoxy) is 1. The van der Waals surface area contributed by atoms with Crippen LogP contribution in [0.5, 0.6) is 0 Å². The summed E-state index contributed by atoms with van der Waals surface area (Å²) in [4.78, 5) is 10.8. The molecule has 0 amide bonds. The molecule has 0 unspecified atom stereocenters. The summed E-state index contributed by atoms with van der Waals surface area (Å²) in [6.07, 6.45) is 3.50. The van der Waals surface area contributed by atoms with Crippen LogP contribution < -0.4 is 0 Å². The van der Waals surface area contributed by atoms with Gasteiger partial charge in [-0.25, -0.2) is 4.79 Å². The maximum atomic E-state index is 10.8. The Hall–Kier alpha value is -0.613. The van der Waals surface area contributed by atoms with Crippen LogP contribution in [0.2, 0.25) is 25.7 Å². The fourth-order valence-electron chi connectivity index (χ4n) is 2.12. The van der Waals surface area contributed by atoms with Gasteiger partial charge in [-0.1, -0.05) is 25.2 Å². The second-order valence-corrected chi connectivity index (χ2v) is 12.1. The van der Waals surface area contributed by atoms with Crippen LogP contribution in [0.15, 0.2) is 11.6 Å². The molecule has 0 spiro atoms. The molecule has 0 aromatic rings. The van der Waals surface area contributed by atoms with Gasteiger partial charge in [0.05, 0.1) is 11.7 Å². The maximum Gasteiger partial charge on any atom is 0.328 e. The van der Waals surface area contributed by atoms with Crippen molar-refractivity contribution >= 4 is 14.0 Å². The van der Waals surface area contributed by atoms with Crippen LogP contribution in [0, 0.1) is 0 Å². The lowest BCUT2D eigenvalue weighted by Crippen LogP contribution is -2.20. The SMILES string of the molecule is CC1(C)O[C@H]1CC/C(=C/C(=O)O)C[Si](C)(C)C. The lowest BCUT2D eigenvalue weighted by molar-refractivity contribution is -0.131. The average molecular weight is 256 g/mol. The summed E-state index contributed by atoms with van der Waals surface area (Å²) < 4.78 is 5.53. The first-order valence-corrected chi connectivity index (χ1v) is 9.91. The van der Waals surface area contributed by atoms with Crippen LogP contribution in [0.25, 0.3) is 0 Å². The molecule has 1 fully saturated rings. The van der Waals surface area contributed by atoms with Crippen molar-refractivity contribution in [1.82, 2.24) is 0 Å². The number of allylic oxidation sites excluding steroid dienone is 1. The number of hydrogen-bond acceptors (Lipinski definition) is 2. The maximum absolute atomic E-state index is 10.8. The normalized spacial score (nSPS) is 23.6. The Labute approximate surface area is 105 Å². The van der Waals surface area contributed by atoms with E-state index in [2.05, 4.69) is 33.5 Å². The number of carboxylic acid groups (broad SMARTS) is 1. The Morgan fingerprint density at radius 2 is 1.94 bits per heavy atom. The van der Waals surface area contributed by atoms with Crippen molar-refractivity contribution < 1.29 is 14.6 Å². The molecule has 0 radical (unpaired) electrons. The quantitative estimate of drug-likeness (QED) is 0.451. The zero-order chi connectivity index (χ0) is 13.3. The number of carbonyl (C=O) groups is 1. The van der Waals surface area contributed by atoms with Gasteiger partial charge in [-0.15, -0.1) is 0 Å². The van der Waals surface area contributed by atoms with Gasteiger partial charge >= 0.3 is 5.97 Å². The van der Waals surface area contributed by atoms with E-state index in [-0.39, 0.29) is 5.60 Å². The summed E-state index contributed by atoms with van der Waals surface area (Å²) in [5, 5.41) is 8.87. The second kappa shape index (κ2) is 4.94. The fourth-order valence-corrected chi connectivity index (χ4v) is 3.76. The highest BCUT2D eigenvalue weighted by atomic mass is 28.3. The van der Waals surface area contributed by atoms with Crippen LogP contribution in [-0.4, -0.2) is 30.9 Å². The fraction of sp³-hybridized carbons (Fsp3) is 0.769. The molecule has 1 aliphatic rings. The Balaban J connectivity index is 2.50. The monoisotopic (exact) mass is 256 g/mol. The Kier molecular flexibility index (Phi) is 4.20. The van der Waals surface area contributed by atoms with E-state index in [9.17, 15) is 4.79 Å². The van der Waals surface area contributed by atoms with Gasteiger partial charge in [0.1, 0.15) is 0 Å². The number of hydrogen-bond donors (Lipinski definition) is 1. The minimum atomic E-state index is -1.25. The van der Waals surface area contributed by atoms with Gasteiger partial charge in [0.25, 0.3) is 0 Å². The van der Waals surface area contributed by atoms with E-state index >= 15 is 0 Å². The van der Waals surface area contributed by atoms with Gasteiger partial charge in [-0.2, -0.15) is 0 Å². The third-order valence-electron chi connectivity index (χ3n) is 2.98. The molecule has 17 heavy (non-hydrogen) atoms. The third-order valence-corrected chi connectivity index (χ3v) is 4.49. The topological polar surface area (TPSA) is 49.8 Å². The van der Waals surface area contributed by atoms with Gasteiger partial charge in [0.2, 0.25) is 0 Å². The minimum Gasteiger partial charge on any atom is -0.478 e. The molecule has 0 saturated carbocycles. The van der Waals surface area contributed by atoms with Crippen molar-refractivity contribution in [2.24, 2.45) is 0 Å². The molecule has 1 heterocycles. The number of rotatable bonds is 6. The standard InChI is InChI=1S/C13H24O3Si/c1-13(2)11(16-13)7-6-10(8-12(14)15)9-17(3,4)5/h8,11H,6-7,9H2,1-5H3,(H,14,15)/b10-8-/t11-/m0/s1. The highest BCUT2D eigenvalue weighted by Gasteiger charge is 2.46. The van der Waals surface area contributed by atoms with Gasteiger partial charge < -0.3 is 9.84 Å². The van der Waals surface area contributed by atoms with Crippen molar-refractivity contribution in [3.05, 3.63) is 11.6 Å². The molecular weight excluding hydrogens is 232 g/mol. The number of epoxide rings is 1. The first-order valence-electron chi connectivity index (χ1n) is 6.20. The van der Waals surface area contributed by atoms with E-state index in [4.69, 9.17) is 9.84 Å². The zero-order valence-electron chi connectivity index (χ0n) is 11.5. The molecule has 4 heteroatoms. The third kappa shape index (κ3) is 5.50. The lowest BCUT2D eigenvalue weighted by Gasteiger charge is -2.18. The molecule has 0 aromatic heterocycles.